The molecule has 0 amide bonds. The van der Waals surface area contributed by atoms with Crippen LogP contribution in [0.3, 0.4) is 0 Å². The lowest BCUT2D eigenvalue weighted by molar-refractivity contribution is 0.483. The van der Waals surface area contributed by atoms with Crippen LogP contribution < -0.4 is 14.5 Å². The van der Waals surface area contributed by atoms with Crippen LogP contribution in [0.25, 0.3) is 27.6 Å². The quantitative estimate of drug-likeness (QED) is 0.121. The Balaban J connectivity index is 0.919. The molecule has 356 valence electrons. The van der Waals surface area contributed by atoms with Gasteiger partial charge in [0.25, 0.3) is 0 Å². The van der Waals surface area contributed by atoms with E-state index >= 15 is 0 Å². The monoisotopic (exact) mass is 946 g/mol. The van der Waals surface area contributed by atoms with Gasteiger partial charge in [0, 0.05) is 45.9 Å². The van der Waals surface area contributed by atoms with Crippen molar-refractivity contribution in [2.45, 2.75) is 50.9 Å². The van der Waals surface area contributed by atoms with Crippen molar-refractivity contribution in [1.29, 1.82) is 0 Å². The Bertz CT molecular complexity index is 3670. The number of rotatable bonds is 11. The maximum atomic E-state index is 6.90. The summed E-state index contributed by atoms with van der Waals surface area (Å²) in [7, 11) is 0. The van der Waals surface area contributed by atoms with E-state index in [1.165, 1.54) is 44.8 Å². The molecule has 2 aromatic heterocycles. The average Bonchev–Trinajstić information content (AvgIpc) is 3.98. The minimum atomic E-state index is -0.620. The number of anilines is 4. The summed E-state index contributed by atoms with van der Waals surface area (Å²) in [4.78, 5) is 10.0. The molecule has 11 aromatic rings. The van der Waals surface area contributed by atoms with E-state index in [2.05, 4.69) is 292 Å². The number of ether oxygens (including phenoxy) is 1. The van der Waals surface area contributed by atoms with Crippen LogP contribution in [0, 0.1) is 0 Å². The van der Waals surface area contributed by atoms with Gasteiger partial charge in [-0.15, -0.1) is 0 Å². The van der Waals surface area contributed by atoms with E-state index in [0.717, 1.165) is 56.1 Å². The summed E-state index contributed by atoms with van der Waals surface area (Å²) in [5.74, 6) is 2.33. The Kier molecular flexibility index (Phi) is 11.3. The van der Waals surface area contributed by atoms with Crippen molar-refractivity contribution in [3.63, 3.8) is 0 Å². The average molecular weight is 947 g/mol. The highest BCUT2D eigenvalue weighted by atomic mass is 16.5. The van der Waals surface area contributed by atoms with E-state index in [-0.39, 0.29) is 10.8 Å². The highest BCUT2D eigenvalue weighted by Gasteiger charge is 2.39. The summed E-state index contributed by atoms with van der Waals surface area (Å²) in [6.45, 7) is 12.3. The molecule has 0 unspecified atom stereocenters. The van der Waals surface area contributed by atoms with E-state index in [0.29, 0.717) is 6.67 Å². The normalized spacial score (nSPS) is 12.9. The molecule has 0 fully saturated rings. The van der Waals surface area contributed by atoms with Gasteiger partial charge in [-0.2, -0.15) is 0 Å². The van der Waals surface area contributed by atoms with Crippen molar-refractivity contribution in [3.05, 3.63) is 288 Å². The van der Waals surface area contributed by atoms with Crippen molar-refractivity contribution in [2.24, 2.45) is 0 Å². The molecule has 12 rings (SSSR count). The molecule has 1 aliphatic rings. The summed E-state index contributed by atoms with van der Waals surface area (Å²) in [6, 6.07) is 87.3. The molecule has 9 aromatic carbocycles. The Labute approximate surface area is 429 Å². The van der Waals surface area contributed by atoms with Gasteiger partial charge in [-0.05, 0) is 111 Å². The van der Waals surface area contributed by atoms with Gasteiger partial charge < -0.3 is 14.5 Å². The molecule has 0 bridgehead atoms. The van der Waals surface area contributed by atoms with Gasteiger partial charge in [-0.25, -0.2) is 4.98 Å². The predicted molar refractivity (Wildman–Crippen MR) is 303 cm³/mol. The lowest BCUT2D eigenvalue weighted by atomic mass is 9.65. The Morgan fingerprint density at radius 2 is 0.918 bits per heavy atom. The molecule has 1 aliphatic heterocycles. The zero-order valence-corrected chi connectivity index (χ0v) is 42.1. The molecular weight excluding hydrogens is 889 g/mol. The maximum absolute atomic E-state index is 6.90. The molecule has 5 nitrogen and oxygen atoms in total. The largest absolute Gasteiger partial charge is 0.457 e. The second-order valence-corrected chi connectivity index (χ2v) is 20.9. The summed E-state index contributed by atoms with van der Waals surface area (Å²) in [5, 5.41) is 2.28. The highest BCUT2D eigenvalue weighted by molar-refractivity contribution is 6.09. The van der Waals surface area contributed by atoms with Crippen molar-refractivity contribution in [1.82, 2.24) is 9.55 Å². The third-order valence-corrected chi connectivity index (χ3v) is 15.1. The molecule has 3 heterocycles. The Hall–Kier alpha value is -8.67. The molecule has 0 spiro atoms. The second-order valence-electron chi connectivity index (χ2n) is 20.9. The third kappa shape index (κ3) is 8.02. The van der Waals surface area contributed by atoms with Gasteiger partial charge in [-0.1, -0.05) is 198 Å². The predicted octanol–water partition coefficient (Wildman–Crippen LogP) is 17.2. The molecule has 0 saturated carbocycles. The first-order valence-electron chi connectivity index (χ1n) is 25.4. The van der Waals surface area contributed by atoms with Crippen LogP contribution in [-0.2, 0) is 16.2 Å². The van der Waals surface area contributed by atoms with Crippen LogP contribution in [-0.4, -0.2) is 16.2 Å². The topological polar surface area (TPSA) is 33.5 Å². The van der Waals surface area contributed by atoms with Crippen LogP contribution in [0.1, 0.15) is 73.6 Å². The molecule has 0 N–H and O–H groups in total. The lowest BCUT2D eigenvalue weighted by Crippen LogP contribution is -2.31. The van der Waals surface area contributed by atoms with E-state index in [1.807, 2.05) is 6.20 Å². The number of fused-ring (bicyclic) bond motifs is 4. The van der Waals surface area contributed by atoms with Crippen molar-refractivity contribution >= 4 is 44.6 Å². The molecule has 73 heavy (non-hydrogen) atoms. The van der Waals surface area contributed by atoms with Gasteiger partial charge >= 0.3 is 0 Å². The van der Waals surface area contributed by atoms with Gasteiger partial charge in [0.2, 0.25) is 0 Å². The van der Waals surface area contributed by atoms with Gasteiger partial charge in [0.1, 0.15) is 24.0 Å². The first-order valence-corrected chi connectivity index (χ1v) is 25.4. The number of pyridine rings is 1. The van der Waals surface area contributed by atoms with E-state index < -0.39 is 5.41 Å². The van der Waals surface area contributed by atoms with Crippen molar-refractivity contribution in [3.8, 4) is 17.3 Å². The Morgan fingerprint density at radius 3 is 1.55 bits per heavy atom. The number of hydrogen-bond donors (Lipinski definition) is 0. The molecule has 0 saturated heterocycles. The van der Waals surface area contributed by atoms with Gasteiger partial charge in [-0.3, -0.25) is 4.57 Å². The standard InChI is InChI=1S/C68H58N4O/c1-66(2,3)53-41-54(67(4,5)48-23-10-6-11-24-48)43-56(42-53)71-47-70(62-35-20-21-36-63(62)71)55-31-22-32-57(45-55)73-58-37-38-60-59-33-18-19-34-61(59)72(64(60)46-58)65-44-52(39-40-69-65)68(49-25-12-7-13-26-49,50-27-14-8-15-28-50)51-29-16-9-17-30-51/h6-46H,47H2,1-5H3. The first-order chi connectivity index (χ1) is 35.6. The molecular formula is C68H58N4O. The fraction of sp³-hybridized carbons (Fsp3) is 0.132. The number of benzene rings is 9. The first kappa shape index (κ1) is 45.5. The van der Waals surface area contributed by atoms with E-state index in [4.69, 9.17) is 9.72 Å². The summed E-state index contributed by atoms with van der Waals surface area (Å²) < 4.78 is 9.19. The fourth-order valence-corrected chi connectivity index (χ4v) is 11.2. The zero-order chi connectivity index (χ0) is 49.7. The van der Waals surface area contributed by atoms with Gasteiger partial charge in [0.05, 0.1) is 27.8 Å². The van der Waals surface area contributed by atoms with Crippen molar-refractivity contribution in [2.75, 3.05) is 16.5 Å². The fourth-order valence-electron chi connectivity index (χ4n) is 11.2. The molecule has 0 atom stereocenters. The molecule has 5 heteroatoms. The minimum Gasteiger partial charge on any atom is -0.457 e. The van der Waals surface area contributed by atoms with E-state index in [1.54, 1.807) is 0 Å². The number of hydrogen-bond acceptors (Lipinski definition) is 4. The lowest BCUT2D eigenvalue weighted by Gasteiger charge is -2.37. The van der Waals surface area contributed by atoms with Crippen LogP contribution in [0.15, 0.2) is 249 Å². The van der Waals surface area contributed by atoms with Crippen molar-refractivity contribution < 1.29 is 4.74 Å². The zero-order valence-electron chi connectivity index (χ0n) is 42.1. The highest BCUT2D eigenvalue weighted by Crippen LogP contribution is 2.49. The SMILES string of the molecule is CC(C)(C)c1cc(N2CN(c3cccc(Oc4ccc5c6ccccc6n(-c6cc(C(c7ccccc7)(c7ccccc7)c7ccccc7)ccn6)c5c4)c3)c3ccccc32)cc(C(C)(C)c2ccccc2)c1. The summed E-state index contributed by atoms with van der Waals surface area (Å²) in [5.41, 5.74) is 14.4. The number of para-hydroxylation sites is 3. The van der Waals surface area contributed by atoms with Crippen LogP contribution >= 0.6 is 0 Å². The third-order valence-electron chi connectivity index (χ3n) is 15.1. The maximum Gasteiger partial charge on any atom is 0.137 e. The van der Waals surface area contributed by atoms with Crippen LogP contribution in [0.5, 0.6) is 11.5 Å². The minimum absolute atomic E-state index is 0.0426. The summed E-state index contributed by atoms with van der Waals surface area (Å²) >= 11 is 0. The number of aromatic nitrogens is 2. The van der Waals surface area contributed by atoms with Crippen LogP contribution in [0.2, 0.25) is 0 Å². The molecule has 0 aliphatic carbocycles. The van der Waals surface area contributed by atoms with Crippen LogP contribution in [0.4, 0.5) is 22.7 Å². The summed E-state index contributed by atoms with van der Waals surface area (Å²) in [6.07, 6.45) is 1.96. The molecule has 0 radical (unpaired) electrons. The van der Waals surface area contributed by atoms with E-state index in [9.17, 15) is 0 Å². The van der Waals surface area contributed by atoms with Gasteiger partial charge in [0.15, 0.2) is 0 Å². The second kappa shape index (κ2) is 18.2. The smallest absolute Gasteiger partial charge is 0.137 e. The Morgan fingerprint density at radius 1 is 0.384 bits per heavy atom. The number of nitrogens with zero attached hydrogens (tertiary/aromatic N) is 4.